The summed E-state index contributed by atoms with van der Waals surface area (Å²) in [6, 6.07) is 2.13. The van der Waals surface area contributed by atoms with Gasteiger partial charge in [0.25, 0.3) is 0 Å². The summed E-state index contributed by atoms with van der Waals surface area (Å²) in [7, 11) is 0. The quantitative estimate of drug-likeness (QED) is 0.744. The summed E-state index contributed by atoms with van der Waals surface area (Å²) in [5, 5.41) is 13.6. The van der Waals surface area contributed by atoms with Gasteiger partial charge < -0.3 is 5.11 Å². The summed E-state index contributed by atoms with van der Waals surface area (Å²) in [5.74, 6) is 0. The molecule has 1 aromatic heterocycles. The van der Waals surface area contributed by atoms with Crippen molar-refractivity contribution in [1.29, 1.82) is 0 Å². The Morgan fingerprint density at radius 1 is 1.58 bits per heavy atom. The standard InChI is InChI=1S/C10H14OS/c1-9(2)6-10(9,7-11)8-3-4-12-5-8/h3-5,11H,6-7H2,1-2H3. The zero-order valence-corrected chi connectivity index (χ0v) is 8.32. The molecule has 66 valence electrons. The van der Waals surface area contributed by atoms with Crippen LogP contribution in [0.2, 0.25) is 0 Å². The largest absolute Gasteiger partial charge is 0.395 e. The molecular weight excluding hydrogens is 168 g/mol. The zero-order chi connectivity index (χ0) is 8.82. The molecule has 0 saturated heterocycles. The highest BCUT2D eigenvalue weighted by atomic mass is 32.1. The van der Waals surface area contributed by atoms with Crippen LogP contribution >= 0.6 is 11.3 Å². The third-order valence-electron chi connectivity index (χ3n) is 3.26. The van der Waals surface area contributed by atoms with Gasteiger partial charge in [-0.15, -0.1) is 0 Å². The molecule has 1 saturated carbocycles. The minimum Gasteiger partial charge on any atom is -0.395 e. The third-order valence-corrected chi connectivity index (χ3v) is 3.94. The van der Waals surface area contributed by atoms with Crippen LogP contribution in [0.3, 0.4) is 0 Å². The van der Waals surface area contributed by atoms with Crippen molar-refractivity contribution in [2.45, 2.75) is 25.7 Å². The summed E-state index contributed by atoms with van der Waals surface area (Å²) in [4.78, 5) is 0. The molecule has 1 nitrogen and oxygen atoms in total. The van der Waals surface area contributed by atoms with Crippen molar-refractivity contribution in [1.82, 2.24) is 0 Å². The van der Waals surface area contributed by atoms with Crippen molar-refractivity contribution in [3.05, 3.63) is 22.4 Å². The van der Waals surface area contributed by atoms with E-state index in [1.807, 2.05) is 0 Å². The molecule has 1 atom stereocenters. The Labute approximate surface area is 77.0 Å². The second kappa shape index (κ2) is 2.33. The van der Waals surface area contributed by atoms with Crippen LogP contribution in [0.1, 0.15) is 25.8 Å². The minimum absolute atomic E-state index is 0.0764. The maximum Gasteiger partial charge on any atom is 0.0533 e. The Kier molecular flexibility index (Phi) is 1.61. The molecule has 0 aliphatic heterocycles. The van der Waals surface area contributed by atoms with Crippen LogP contribution in [-0.4, -0.2) is 11.7 Å². The van der Waals surface area contributed by atoms with Crippen LogP contribution in [-0.2, 0) is 5.41 Å². The van der Waals surface area contributed by atoms with E-state index in [1.54, 1.807) is 11.3 Å². The second-order valence-corrected chi connectivity index (χ2v) is 5.09. The highest BCUT2D eigenvalue weighted by Crippen LogP contribution is 2.64. The third kappa shape index (κ3) is 0.882. The van der Waals surface area contributed by atoms with Gasteiger partial charge in [-0.1, -0.05) is 13.8 Å². The summed E-state index contributed by atoms with van der Waals surface area (Å²) in [6.07, 6.45) is 1.12. The molecule has 0 bridgehead atoms. The Hall–Kier alpha value is -0.340. The van der Waals surface area contributed by atoms with Crippen molar-refractivity contribution < 1.29 is 5.11 Å². The second-order valence-electron chi connectivity index (χ2n) is 4.31. The van der Waals surface area contributed by atoms with Gasteiger partial charge in [-0.2, -0.15) is 11.3 Å². The fourth-order valence-electron chi connectivity index (χ4n) is 2.10. The van der Waals surface area contributed by atoms with Gasteiger partial charge in [0.15, 0.2) is 0 Å². The Bertz CT molecular complexity index is 276. The lowest BCUT2D eigenvalue weighted by atomic mass is 9.91. The molecule has 1 N–H and O–H groups in total. The highest BCUT2D eigenvalue weighted by molar-refractivity contribution is 7.08. The first-order chi connectivity index (χ1) is 5.62. The summed E-state index contributed by atoms with van der Waals surface area (Å²) in [6.45, 7) is 4.73. The van der Waals surface area contributed by atoms with Gasteiger partial charge in [0.05, 0.1) is 6.61 Å². The van der Waals surface area contributed by atoms with Gasteiger partial charge in [0.2, 0.25) is 0 Å². The monoisotopic (exact) mass is 182 g/mol. The van der Waals surface area contributed by atoms with E-state index in [-0.39, 0.29) is 12.0 Å². The van der Waals surface area contributed by atoms with Crippen molar-refractivity contribution in [2.75, 3.05) is 6.61 Å². The average Bonchev–Trinajstić information content (AvgIpc) is 2.52. The molecule has 1 aliphatic rings. The molecule has 12 heavy (non-hydrogen) atoms. The normalized spacial score (nSPS) is 31.9. The summed E-state index contributed by atoms with van der Waals surface area (Å²) in [5.41, 5.74) is 1.69. The predicted molar refractivity (Wildman–Crippen MR) is 51.5 cm³/mol. The molecule has 0 spiro atoms. The van der Waals surface area contributed by atoms with E-state index < -0.39 is 0 Å². The fraction of sp³-hybridized carbons (Fsp3) is 0.600. The Morgan fingerprint density at radius 3 is 2.58 bits per heavy atom. The molecule has 0 radical (unpaired) electrons. The number of hydrogen-bond donors (Lipinski definition) is 1. The minimum atomic E-state index is 0.0764. The highest BCUT2D eigenvalue weighted by Gasteiger charge is 2.61. The van der Waals surface area contributed by atoms with Crippen molar-refractivity contribution >= 4 is 11.3 Å². The lowest BCUT2D eigenvalue weighted by Gasteiger charge is -2.15. The van der Waals surface area contributed by atoms with Gasteiger partial charge in [0.1, 0.15) is 0 Å². The molecule has 2 heteroatoms. The van der Waals surface area contributed by atoms with Crippen LogP contribution in [0.5, 0.6) is 0 Å². The Balaban J connectivity index is 2.34. The van der Waals surface area contributed by atoms with Gasteiger partial charge in [0, 0.05) is 5.41 Å². The van der Waals surface area contributed by atoms with Crippen LogP contribution < -0.4 is 0 Å². The zero-order valence-electron chi connectivity index (χ0n) is 7.50. The summed E-state index contributed by atoms with van der Waals surface area (Å²) >= 11 is 1.71. The first-order valence-electron chi connectivity index (χ1n) is 4.26. The lowest BCUT2D eigenvalue weighted by molar-refractivity contribution is 0.231. The molecule has 1 aliphatic carbocycles. The molecule has 2 rings (SSSR count). The van der Waals surface area contributed by atoms with Crippen LogP contribution in [0, 0.1) is 5.41 Å². The van der Waals surface area contributed by atoms with E-state index in [2.05, 4.69) is 30.7 Å². The smallest absolute Gasteiger partial charge is 0.0533 e. The van der Waals surface area contributed by atoms with E-state index in [0.717, 1.165) is 6.42 Å². The number of aliphatic hydroxyl groups excluding tert-OH is 1. The molecule has 1 heterocycles. The number of rotatable bonds is 2. The number of aliphatic hydroxyl groups is 1. The van der Waals surface area contributed by atoms with E-state index in [1.165, 1.54) is 5.56 Å². The Morgan fingerprint density at radius 2 is 2.25 bits per heavy atom. The molecule has 0 aromatic carbocycles. The molecule has 0 amide bonds. The molecular formula is C10H14OS. The first kappa shape index (κ1) is 8.27. The first-order valence-corrected chi connectivity index (χ1v) is 5.20. The molecule has 1 fully saturated rings. The van der Waals surface area contributed by atoms with Crippen LogP contribution in [0.4, 0.5) is 0 Å². The molecule has 1 unspecified atom stereocenters. The summed E-state index contributed by atoms with van der Waals surface area (Å²) < 4.78 is 0. The lowest BCUT2D eigenvalue weighted by Crippen LogP contribution is -2.18. The van der Waals surface area contributed by atoms with E-state index in [9.17, 15) is 5.11 Å². The SMILES string of the molecule is CC1(C)CC1(CO)c1ccsc1. The van der Waals surface area contributed by atoms with E-state index in [0.29, 0.717) is 5.41 Å². The maximum absolute atomic E-state index is 9.37. The topological polar surface area (TPSA) is 20.2 Å². The van der Waals surface area contributed by atoms with Crippen LogP contribution in [0.25, 0.3) is 0 Å². The van der Waals surface area contributed by atoms with E-state index >= 15 is 0 Å². The van der Waals surface area contributed by atoms with Gasteiger partial charge in [-0.05, 0) is 34.2 Å². The number of hydrogen-bond acceptors (Lipinski definition) is 2. The molecule has 1 aromatic rings. The number of thiophene rings is 1. The predicted octanol–water partition coefficient (Wildman–Crippen LogP) is 2.41. The average molecular weight is 182 g/mol. The van der Waals surface area contributed by atoms with Crippen molar-refractivity contribution in [3.63, 3.8) is 0 Å². The fourth-order valence-corrected chi connectivity index (χ4v) is 2.86. The van der Waals surface area contributed by atoms with E-state index in [4.69, 9.17) is 0 Å². The van der Waals surface area contributed by atoms with Crippen molar-refractivity contribution in [2.24, 2.45) is 5.41 Å². The van der Waals surface area contributed by atoms with Gasteiger partial charge in [-0.25, -0.2) is 0 Å². The van der Waals surface area contributed by atoms with Gasteiger partial charge >= 0.3 is 0 Å². The van der Waals surface area contributed by atoms with Gasteiger partial charge in [-0.3, -0.25) is 0 Å². The van der Waals surface area contributed by atoms with Crippen LogP contribution in [0.15, 0.2) is 16.8 Å². The van der Waals surface area contributed by atoms with Crippen molar-refractivity contribution in [3.8, 4) is 0 Å². The maximum atomic E-state index is 9.37.